The number of hydrogen-bond donors (Lipinski definition) is 0. The predicted molar refractivity (Wildman–Crippen MR) is 115 cm³/mol. The molecule has 0 radical (unpaired) electrons. The Morgan fingerprint density at radius 3 is 2.62 bits per heavy atom. The van der Waals surface area contributed by atoms with Gasteiger partial charge in [0.2, 0.25) is 5.78 Å². The highest BCUT2D eigenvalue weighted by Gasteiger charge is 2.12. The molecular weight excluding hydrogens is 411 g/mol. The maximum atomic E-state index is 12.5. The van der Waals surface area contributed by atoms with E-state index in [9.17, 15) is 4.79 Å². The van der Waals surface area contributed by atoms with Gasteiger partial charge >= 0.3 is 0 Å². The molecule has 0 N–H and O–H groups in total. The van der Waals surface area contributed by atoms with Crippen LogP contribution < -0.4 is 9.47 Å². The Kier molecular flexibility index (Phi) is 6.62. The third-order valence-corrected chi connectivity index (χ3v) is 5.00. The predicted octanol–water partition coefficient (Wildman–Crippen LogP) is 5.52. The summed E-state index contributed by atoms with van der Waals surface area (Å²) in [5.74, 6) is 0.952. The van der Waals surface area contributed by atoms with E-state index in [4.69, 9.17) is 32.7 Å². The van der Waals surface area contributed by atoms with Crippen LogP contribution in [-0.4, -0.2) is 22.7 Å². The molecule has 7 heteroatoms. The maximum absolute atomic E-state index is 12.5. The van der Waals surface area contributed by atoms with Gasteiger partial charge in [-0.25, -0.2) is 0 Å². The van der Waals surface area contributed by atoms with Crippen LogP contribution in [0.3, 0.4) is 0 Å². The molecule has 3 aromatic rings. The maximum Gasteiger partial charge on any atom is 0.203 e. The van der Waals surface area contributed by atoms with Gasteiger partial charge in [-0.3, -0.25) is 9.48 Å². The molecule has 0 bridgehead atoms. The van der Waals surface area contributed by atoms with Gasteiger partial charge in [0.25, 0.3) is 0 Å². The summed E-state index contributed by atoms with van der Waals surface area (Å²) in [6.07, 6.45) is 3.20. The number of carbonyl (C=O) groups is 1. The van der Waals surface area contributed by atoms with Crippen molar-refractivity contribution >= 4 is 35.1 Å². The molecule has 0 aliphatic carbocycles. The van der Waals surface area contributed by atoms with Crippen LogP contribution in [0, 0.1) is 6.92 Å². The molecule has 1 aromatic heterocycles. The fraction of sp³-hybridized carbons (Fsp3) is 0.182. The Balaban J connectivity index is 1.84. The van der Waals surface area contributed by atoms with Gasteiger partial charge in [-0.05, 0) is 48.9 Å². The molecule has 0 atom stereocenters. The van der Waals surface area contributed by atoms with E-state index in [1.165, 1.54) is 6.08 Å². The van der Waals surface area contributed by atoms with Crippen molar-refractivity contribution in [3.8, 4) is 11.5 Å². The van der Waals surface area contributed by atoms with E-state index in [1.807, 2.05) is 25.1 Å². The second-order valence-corrected chi connectivity index (χ2v) is 7.22. The summed E-state index contributed by atoms with van der Waals surface area (Å²) in [6.45, 7) is 2.12. The Labute approximate surface area is 179 Å². The number of rotatable bonds is 7. The third-order valence-electron chi connectivity index (χ3n) is 4.27. The van der Waals surface area contributed by atoms with Crippen molar-refractivity contribution in [2.24, 2.45) is 7.05 Å². The first-order chi connectivity index (χ1) is 13.9. The van der Waals surface area contributed by atoms with Crippen LogP contribution in [-0.2, 0) is 13.7 Å². The van der Waals surface area contributed by atoms with Crippen LogP contribution in [0.1, 0.15) is 27.3 Å². The van der Waals surface area contributed by atoms with Gasteiger partial charge in [-0.2, -0.15) is 5.10 Å². The van der Waals surface area contributed by atoms with E-state index in [2.05, 4.69) is 5.10 Å². The first kappa shape index (κ1) is 21.0. The standard InChI is InChI=1S/C22H20Cl2N2O3/c1-14-11-19(26(2)25-14)20(27)10-8-16-5-4-6-21(28-3)22(16)29-13-15-7-9-17(23)18(24)12-15/h4-12H,13H2,1-3H3/b10-8+. The van der Waals surface area contributed by atoms with E-state index in [-0.39, 0.29) is 12.4 Å². The van der Waals surface area contributed by atoms with Gasteiger partial charge < -0.3 is 9.47 Å². The summed E-state index contributed by atoms with van der Waals surface area (Å²) in [5.41, 5.74) is 2.88. The van der Waals surface area contributed by atoms with Gasteiger partial charge in [-0.1, -0.05) is 41.4 Å². The lowest BCUT2D eigenvalue weighted by Gasteiger charge is -2.14. The molecule has 0 aliphatic heterocycles. The fourth-order valence-electron chi connectivity index (χ4n) is 2.86. The van der Waals surface area contributed by atoms with Crippen molar-refractivity contribution in [1.82, 2.24) is 9.78 Å². The summed E-state index contributed by atoms with van der Waals surface area (Å²) in [6, 6.07) is 12.6. The molecule has 0 aliphatic rings. The molecule has 0 spiro atoms. The van der Waals surface area contributed by atoms with Crippen molar-refractivity contribution in [2.75, 3.05) is 7.11 Å². The average Bonchev–Trinajstić information content (AvgIpc) is 3.05. The molecule has 150 valence electrons. The summed E-state index contributed by atoms with van der Waals surface area (Å²) in [7, 11) is 3.31. The molecule has 5 nitrogen and oxygen atoms in total. The van der Waals surface area contributed by atoms with Gasteiger partial charge in [-0.15, -0.1) is 0 Å². The summed E-state index contributed by atoms with van der Waals surface area (Å²) < 4.78 is 13.0. The average molecular weight is 431 g/mol. The van der Waals surface area contributed by atoms with Crippen LogP contribution >= 0.6 is 23.2 Å². The van der Waals surface area contributed by atoms with E-state index in [0.717, 1.165) is 16.8 Å². The number of methoxy groups -OCH3 is 1. The minimum absolute atomic E-state index is 0.147. The molecule has 0 fully saturated rings. The number of hydrogen-bond acceptors (Lipinski definition) is 4. The Hall–Kier alpha value is -2.76. The van der Waals surface area contributed by atoms with Crippen molar-refractivity contribution in [3.63, 3.8) is 0 Å². The van der Waals surface area contributed by atoms with E-state index in [0.29, 0.717) is 27.2 Å². The molecule has 2 aromatic carbocycles. The lowest BCUT2D eigenvalue weighted by Crippen LogP contribution is -2.04. The number of benzene rings is 2. The zero-order chi connectivity index (χ0) is 21.0. The highest BCUT2D eigenvalue weighted by molar-refractivity contribution is 6.42. The summed E-state index contributed by atoms with van der Waals surface area (Å²) in [5, 5.41) is 5.15. The van der Waals surface area contributed by atoms with Crippen LogP contribution in [0.5, 0.6) is 11.5 Å². The minimum atomic E-state index is -0.147. The highest BCUT2D eigenvalue weighted by atomic mass is 35.5. The smallest absolute Gasteiger partial charge is 0.203 e. The fourth-order valence-corrected chi connectivity index (χ4v) is 3.18. The number of para-hydroxylation sites is 1. The zero-order valence-electron chi connectivity index (χ0n) is 16.3. The van der Waals surface area contributed by atoms with Crippen LogP contribution in [0.2, 0.25) is 10.0 Å². The number of halogens is 2. The van der Waals surface area contributed by atoms with Crippen molar-refractivity contribution in [1.29, 1.82) is 0 Å². The Morgan fingerprint density at radius 2 is 1.97 bits per heavy atom. The lowest BCUT2D eigenvalue weighted by atomic mass is 10.1. The number of aromatic nitrogens is 2. The largest absolute Gasteiger partial charge is 0.493 e. The first-order valence-electron chi connectivity index (χ1n) is 8.86. The molecular formula is C22H20Cl2N2O3. The SMILES string of the molecule is COc1cccc(/C=C/C(=O)c2cc(C)nn2C)c1OCc1ccc(Cl)c(Cl)c1. The van der Waals surface area contributed by atoms with Crippen molar-refractivity contribution in [3.05, 3.63) is 81.1 Å². The monoisotopic (exact) mass is 430 g/mol. The topological polar surface area (TPSA) is 53.3 Å². The third kappa shape index (κ3) is 5.00. The van der Waals surface area contributed by atoms with Crippen LogP contribution in [0.4, 0.5) is 0 Å². The van der Waals surface area contributed by atoms with E-state index in [1.54, 1.807) is 49.2 Å². The molecule has 3 rings (SSSR count). The van der Waals surface area contributed by atoms with Gasteiger partial charge in [0, 0.05) is 12.6 Å². The Morgan fingerprint density at radius 1 is 1.17 bits per heavy atom. The summed E-state index contributed by atoms with van der Waals surface area (Å²) in [4.78, 5) is 12.5. The van der Waals surface area contributed by atoms with Crippen LogP contribution in [0.25, 0.3) is 6.08 Å². The van der Waals surface area contributed by atoms with Gasteiger partial charge in [0.1, 0.15) is 12.3 Å². The van der Waals surface area contributed by atoms with Crippen LogP contribution in [0.15, 0.2) is 48.5 Å². The normalized spacial score (nSPS) is 11.1. The summed E-state index contributed by atoms with van der Waals surface area (Å²) >= 11 is 12.0. The molecule has 0 unspecified atom stereocenters. The molecule has 1 heterocycles. The minimum Gasteiger partial charge on any atom is -0.493 e. The second-order valence-electron chi connectivity index (χ2n) is 6.41. The second kappa shape index (κ2) is 9.16. The molecule has 0 amide bonds. The number of allylic oxidation sites excluding steroid dienone is 1. The molecule has 0 saturated heterocycles. The zero-order valence-corrected chi connectivity index (χ0v) is 17.8. The molecule has 29 heavy (non-hydrogen) atoms. The number of aryl methyl sites for hydroxylation is 2. The quantitative estimate of drug-likeness (QED) is 0.365. The first-order valence-corrected chi connectivity index (χ1v) is 9.61. The number of ketones is 1. The van der Waals surface area contributed by atoms with Crippen molar-refractivity contribution < 1.29 is 14.3 Å². The van der Waals surface area contributed by atoms with E-state index >= 15 is 0 Å². The number of ether oxygens (including phenoxy) is 2. The molecule has 0 saturated carbocycles. The number of carbonyl (C=O) groups excluding carboxylic acids is 1. The highest BCUT2D eigenvalue weighted by Crippen LogP contribution is 2.33. The van der Waals surface area contributed by atoms with Gasteiger partial charge in [0.15, 0.2) is 11.5 Å². The Bertz CT molecular complexity index is 1070. The van der Waals surface area contributed by atoms with E-state index < -0.39 is 0 Å². The van der Waals surface area contributed by atoms with Crippen molar-refractivity contribution in [2.45, 2.75) is 13.5 Å². The number of nitrogens with zero attached hydrogens (tertiary/aromatic N) is 2. The lowest BCUT2D eigenvalue weighted by molar-refractivity contribution is 0.103. The van der Waals surface area contributed by atoms with Gasteiger partial charge in [0.05, 0.1) is 22.8 Å².